The van der Waals surface area contributed by atoms with Crippen molar-refractivity contribution in [3.63, 3.8) is 0 Å². The Hall–Kier alpha value is -1.32. The largest absolute Gasteiger partial charge is 0.497 e. The molecule has 3 nitrogen and oxygen atoms in total. The first kappa shape index (κ1) is 16.2. The van der Waals surface area contributed by atoms with Crippen molar-refractivity contribution in [2.24, 2.45) is 17.8 Å². The molecule has 0 amide bonds. The number of likely N-dealkylation sites (N-methyl/N-ethyl adjacent to an activating group) is 1. The van der Waals surface area contributed by atoms with Crippen LogP contribution in [0.1, 0.15) is 43.4 Å². The molecule has 130 valence electrons. The van der Waals surface area contributed by atoms with Crippen LogP contribution < -0.4 is 4.74 Å². The van der Waals surface area contributed by atoms with E-state index in [-0.39, 0.29) is 5.92 Å². The van der Waals surface area contributed by atoms with Crippen LogP contribution in [0.15, 0.2) is 30.9 Å². The van der Waals surface area contributed by atoms with E-state index in [1.807, 2.05) is 6.08 Å². The van der Waals surface area contributed by atoms with Crippen molar-refractivity contribution >= 4 is 0 Å². The number of piperidine rings is 1. The van der Waals surface area contributed by atoms with Gasteiger partial charge in [-0.3, -0.25) is 4.90 Å². The van der Waals surface area contributed by atoms with E-state index in [2.05, 4.69) is 36.6 Å². The van der Waals surface area contributed by atoms with Gasteiger partial charge >= 0.3 is 0 Å². The predicted molar refractivity (Wildman–Crippen MR) is 96.2 cm³/mol. The molecular formula is C21H29NO2. The Morgan fingerprint density at radius 2 is 2.21 bits per heavy atom. The Bertz CT molecular complexity index is 643. The van der Waals surface area contributed by atoms with E-state index in [1.165, 1.54) is 17.5 Å². The van der Waals surface area contributed by atoms with Crippen LogP contribution in [-0.2, 0) is 6.42 Å². The van der Waals surface area contributed by atoms with Crippen LogP contribution in [-0.4, -0.2) is 35.8 Å². The lowest BCUT2D eigenvalue weighted by Crippen LogP contribution is -2.59. The molecule has 24 heavy (non-hydrogen) atoms. The monoisotopic (exact) mass is 327 g/mol. The minimum Gasteiger partial charge on any atom is -0.497 e. The van der Waals surface area contributed by atoms with E-state index in [9.17, 15) is 5.11 Å². The summed E-state index contributed by atoms with van der Waals surface area (Å²) >= 11 is 0. The number of ether oxygens (including phenoxy) is 1. The Balaban J connectivity index is 1.77. The highest BCUT2D eigenvalue weighted by molar-refractivity contribution is 5.41. The molecule has 2 fully saturated rings. The van der Waals surface area contributed by atoms with Gasteiger partial charge in [-0.25, -0.2) is 0 Å². The highest BCUT2D eigenvalue weighted by Crippen LogP contribution is 2.57. The normalized spacial score (nSPS) is 38.1. The van der Waals surface area contributed by atoms with Gasteiger partial charge in [-0.15, -0.1) is 6.58 Å². The number of hydrogen-bond acceptors (Lipinski definition) is 3. The van der Waals surface area contributed by atoms with Gasteiger partial charge < -0.3 is 9.84 Å². The van der Waals surface area contributed by atoms with Crippen molar-refractivity contribution in [2.75, 3.05) is 20.2 Å². The molecule has 1 saturated heterocycles. The summed E-state index contributed by atoms with van der Waals surface area (Å²) in [5.74, 6) is 2.12. The summed E-state index contributed by atoms with van der Waals surface area (Å²) in [4.78, 5) is 2.50. The summed E-state index contributed by atoms with van der Waals surface area (Å²) < 4.78 is 5.49. The van der Waals surface area contributed by atoms with Crippen molar-refractivity contribution in [3.8, 4) is 5.75 Å². The molecule has 1 aromatic rings. The Labute approximate surface area is 145 Å². The standard InChI is InChI=1S/C21H29NO2/c1-4-15-8-11-19-17-10-7-14-6-9-16(24-3)12-18(14)20(17)22(5-2)13-21(15,19)23/h4,6,9,12,15,17,19-20,23H,1,5,7-8,10-11,13H2,2-3H3/t15-,17+,19+,20-,21+/m1/s1. The summed E-state index contributed by atoms with van der Waals surface area (Å²) in [5.41, 5.74) is 2.30. The van der Waals surface area contributed by atoms with Crippen LogP contribution >= 0.6 is 0 Å². The van der Waals surface area contributed by atoms with Gasteiger partial charge in [0.05, 0.1) is 12.7 Å². The number of rotatable bonds is 3. The topological polar surface area (TPSA) is 32.7 Å². The molecule has 3 aliphatic rings. The first-order chi connectivity index (χ1) is 11.6. The zero-order chi connectivity index (χ0) is 16.9. The number of aryl methyl sites for hydroxylation is 1. The second-order valence-electron chi connectivity index (χ2n) is 7.79. The van der Waals surface area contributed by atoms with Crippen molar-refractivity contribution in [3.05, 3.63) is 42.0 Å². The molecule has 0 unspecified atom stereocenters. The molecule has 1 saturated carbocycles. The first-order valence-electron chi connectivity index (χ1n) is 9.38. The number of likely N-dealkylation sites (tertiary alicyclic amines) is 1. The maximum absolute atomic E-state index is 11.5. The maximum atomic E-state index is 11.5. The lowest BCUT2D eigenvalue weighted by atomic mass is 9.64. The van der Waals surface area contributed by atoms with E-state index in [0.29, 0.717) is 17.9 Å². The first-order valence-corrected chi connectivity index (χ1v) is 9.38. The Morgan fingerprint density at radius 3 is 2.92 bits per heavy atom. The van der Waals surface area contributed by atoms with Crippen LogP contribution in [0.5, 0.6) is 5.75 Å². The number of fused-ring (bicyclic) bond motifs is 5. The van der Waals surface area contributed by atoms with E-state index in [4.69, 9.17) is 4.74 Å². The molecule has 1 N–H and O–H groups in total. The van der Waals surface area contributed by atoms with Crippen LogP contribution in [0.2, 0.25) is 0 Å². The third-order valence-electron chi connectivity index (χ3n) is 6.95. The average Bonchev–Trinajstić information content (AvgIpc) is 2.96. The zero-order valence-electron chi connectivity index (χ0n) is 14.9. The molecule has 0 radical (unpaired) electrons. The smallest absolute Gasteiger partial charge is 0.119 e. The molecule has 1 aromatic carbocycles. The second-order valence-corrected chi connectivity index (χ2v) is 7.79. The quantitative estimate of drug-likeness (QED) is 0.862. The summed E-state index contributed by atoms with van der Waals surface area (Å²) in [7, 11) is 1.74. The van der Waals surface area contributed by atoms with Gasteiger partial charge in [-0.2, -0.15) is 0 Å². The molecule has 0 bridgehead atoms. The van der Waals surface area contributed by atoms with Crippen molar-refractivity contribution in [2.45, 2.75) is 44.2 Å². The van der Waals surface area contributed by atoms with E-state index >= 15 is 0 Å². The van der Waals surface area contributed by atoms with Gasteiger partial charge in [0.25, 0.3) is 0 Å². The Kier molecular flexibility index (Phi) is 3.97. The van der Waals surface area contributed by atoms with Crippen LogP contribution in [0.3, 0.4) is 0 Å². The van der Waals surface area contributed by atoms with Gasteiger partial charge in [0.2, 0.25) is 0 Å². The van der Waals surface area contributed by atoms with Gasteiger partial charge in [0.1, 0.15) is 5.75 Å². The summed E-state index contributed by atoms with van der Waals surface area (Å²) in [6.07, 6.45) is 6.50. The molecule has 2 aliphatic carbocycles. The fraction of sp³-hybridized carbons (Fsp3) is 0.619. The number of β-amino-alcohol motifs (C(OH)–C–C–N with tert-alkyl or cyclic N) is 1. The van der Waals surface area contributed by atoms with Crippen molar-refractivity contribution in [1.29, 1.82) is 0 Å². The minimum atomic E-state index is -0.588. The van der Waals surface area contributed by atoms with E-state index in [0.717, 1.165) is 38.1 Å². The molecule has 0 aromatic heterocycles. The highest BCUT2D eigenvalue weighted by atomic mass is 16.5. The SMILES string of the molecule is C=C[C@@H]1CC[C@H]2[C@@H]3CCc4ccc(OC)cc4[C@@H]3N(CC)C[C@]12O. The number of aliphatic hydroxyl groups is 1. The molecule has 1 heterocycles. The van der Waals surface area contributed by atoms with Gasteiger partial charge in [-0.1, -0.05) is 19.1 Å². The van der Waals surface area contributed by atoms with Gasteiger partial charge in [0.15, 0.2) is 0 Å². The number of benzene rings is 1. The summed E-state index contributed by atoms with van der Waals surface area (Å²) in [6.45, 7) is 7.95. The fourth-order valence-corrected chi connectivity index (χ4v) is 5.81. The van der Waals surface area contributed by atoms with E-state index < -0.39 is 5.60 Å². The number of nitrogens with zero attached hydrogens (tertiary/aromatic N) is 1. The van der Waals surface area contributed by atoms with Crippen LogP contribution in [0, 0.1) is 17.8 Å². The molecule has 1 aliphatic heterocycles. The minimum absolute atomic E-state index is 0.240. The lowest BCUT2D eigenvalue weighted by molar-refractivity contribution is -0.129. The van der Waals surface area contributed by atoms with Gasteiger partial charge in [-0.05, 0) is 67.3 Å². The van der Waals surface area contributed by atoms with Crippen LogP contribution in [0.4, 0.5) is 0 Å². The third kappa shape index (κ3) is 2.18. The zero-order valence-corrected chi connectivity index (χ0v) is 14.9. The molecule has 3 heteroatoms. The summed E-state index contributed by atoms with van der Waals surface area (Å²) in [5, 5.41) is 11.5. The number of hydrogen-bond donors (Lipinski definition) is 1. The molecule has 0 spiro atoms. The van der Waals surface area contributed by atoms with Crippen LogP contribution in [0.25, 0.3) is 0 Å². The van der Waals surface area contributed by atoms with Crippen molar-refractivity contribution < 1.29 is 9.84 Å². The maximum Gasteiger partial charge on any atom is 0.119 e. The average molecular weight is 327 g/mol. The highest BCUT2D eigenvalue weighted by Gasteiger charge is 2.58. The molecule has 4 rings (SSSR count). The lowest BCUT2D eigenvalue weighted by Gasteiger charge is -2.54. The predicted octanol–water partition coefficient (Wildman–Crippen LogP) is 3.58. The fourth-order valence-electron chi connectivity index (χ4n) is 5.81. The second kappa shape index (κ2) is 5.89. The van der Waals surface area contributed by atoms with E-state index in [1.54, 1.807) is 7.11 Å². The number of methoxy groups -OCH3 is 1. The molecular weight excluding hydrogens is 298 g/mol. The third-order valence-corrected chi connectivity index (χ3v) is 6.95. The van der Waals surface area contributed by atoms with Crippen molar-refractivity contribution in [1.82, 2.24) is 4.90 Å². The summed E-state index contributed by atoms with van der Waals surface area (Å²) in [6, 6.07) is 6.97. The van der Waals surface area contributed by atoms with Gasteiger partial charge in [0, 0.05) is 18.5 Å². The Morgan fingerprint density at radius 1 is 1.38 bits per heavy atom. The molecule has 5 atom stereocenters.